The third kappa shape index (κ3) is 4.57. The molecule has 4 aromatic rings. The molecule has 3 aromatic carbocycles. The molecule has 2 aliphatic rings. The molecule has 8 nitrogen and oxygen atoms in total. The highest BCUT2D eigenvalue weighted by Crippen LogP contribution is 2.39. The van der Waals surface area contributed by atoms with Crippen LogP contribution < -0.4 is 25.6 Å². The number of benzene rings is 3. The van der Waals surface area contributed by atoms with E-state index in [1.165, 1.54) is 0 Å². The van der Waals surface area contributed by atoms with E-state index in [2.05, 4.69) is 25.8 Å². The number of nitrogens with zero attached hydrogens (tertiary/aromatic N) is 1. The minimum atomic E-state index is -0.494. The quantitative estimate of drug-likeness (QED) is 0.310. The van der Waals surface area contributed by atoms with Crippen LogP contribution >= 0.6 is 0 Å². The second-order valence-electron chi connectivity index (χ2n) is 9.18. The van der Waals surface area contributed by atoms with Gasteiger partial charge in [-0.3, -0.25) is 4.79 Å². The van der Waals surface area contributed by atoms with Crippen LogP contribution in [0.1, 0.15) is 24.4 Å². The van der Waals surface area contributed by atoms with Gasteiger partial charge in [0, 0.05) is 29.1 Å². The lowest BCUT2D eigenvalue weighted by molar-refractivity contribution is -0.122. The van der Waals surface area contributed by atoms with Gasteiger partial charge in [-0.05, 0) is 60.2 Å². The van der Waals surface area contributed by atoms with Crippen molar-refractivity contribution < 1.29 is 14.3 Å². The minimum absolute atomic E-state index is 0.0210. The van der Waals surface area contributed by atoms with E-state index in [-0.39, 0.29) is 18.0 Å². The lowest BCUT2D eigenvalue weighted by atomic mass is 10.0. The molecule has 0 bridgehead atoms. The number of fused-ring (bicyclic) bond motifs is 2. The highest BCUT2D eigenvalue weighted by Gasteiger charge is 2.35. The maximum Gasteiger partial charge on any atom is 0.323 e. The van der Waals surface area contributed by atoms with Crippen molar-refractivity contribution >= 4 is 39.9 Å². The average Bonchev–Trinajstić information content (AvgIpc) is 3.58. The number of urea groups is 1. The van der Waals surface area contributed by atoms with Gasteiger partial charge in [-0.2, -0.15) is 0 Å². The average molecular weight is 482 g/mol. The Balaban J connectivity index is 1.25. The van der Waals surface area contributed by atoms with Crippen molar-refractivity contribution in [2.45, 2.75) is 24.9 Å². The molecule has 4 N–H and O–H groups in total. The molecule has 0 spiro atoms. The first-order valence-electron chi connectivity index (χ1n) is 12.2. The topological polar surface area (TPSA) is 98.5 Å². The predicted octanol–water partition coefficient (Wildman–Crippen LogP) is 5.03. The fourth-order valence-electron chi connectivity index (χ4n) is 4.62. The Bertz CT molecular complexity index is 1410. The van der Waals surface area contributed by atoms with Gasteiger partial charge in [-0.15, -0.1) is 0 Å². The fourth-order valence-corrected chi connectivity index (χ4v) is 4.62. The number of amides is 3. The number of H-pyrrole nitrogens is 1. The number of aromatic amines is 1. The fraction of sp³-hybridized carbons (Fsp3) is 0.214. The Morgan fingerprint density at radius 3 is 2.53 bits per heavy atom. The number of carbonyl (C=O) groups is 2. The Hall–Kier alpha value is -4.46. The van der Waals surface area contributed by atoms with Gasteiger partial charge in [-0.1, -0.05) is 36.4 Å². The maximum atomic E-state index is 13.4. The Morgan fingerprint density at radius 2 is 1.72 bits per heavy atom. The lowest BCUT2D eigenvalue weighted by Gasteiger charge is -2.37. The molecule has 6 rings (SSSR count). The van der Waals surface area contributed by atoms with Crippen LogP contribution in [0.15, 0.2) is 79.0 Å². The molecule has 1 unspecified atom stereocenters. The second-order valence-corrected chi connectivity index (χ2v) is 9.18. The number of hydrogen-bond donors (Lipinski definition) is 4. The largest absolute Gasteiger partial charge is 0.490 e. The highest BCUT2D eigenvalue weighted by molar-refractivity contribution is 6.01. The summed E-state index contributed by atoms with van der Waals surface area (Å²) in [5, 5.41) is 10.0. The molecule has 1 saturated carbocycles. The first-order chi connectivity index (χ1) is 17.6. The van der Waals surface area contributed by atoms with E-state index in [0.717, 1.165) is 35.0 Å². The molecule has 1 aromatic heterocycles. The Labute approximate surface area is 208 Å². The maximum absolute atomic E-state index is 13.4. The van der Waals surface area contributed by atoms with E-state index in [4.69, 9.17) is 4.74 Å². The summed E-state index contributed by atoms with van der Waals surface area (Å²) in [6, 6.07) is 22.4. The van der Waals surface area contributed by atoms with Gasteiger partial charge in [-0.25, -0.2) is 4.79 Å². The van der Waals surface area contributed by atoms with E-state index in [1.807, 2.05) is 72.9 Å². The standard InChI is InChI=1S/C28H27N5O3/c34-27(30-20-8-9-20)26(19-4-2-1-3-5-19)33-14-15-36-25-11-10-22(17-24(25)33)32-28(35)31-21-7-6-18-12-13-29-23(18)16-21/h1-7,10-13,16-17,20,26,29H,8-9,14-15H2,(H,30,34)(H2,31,32,35). The molecule has 2 heterocycles. The Kier molecular flexibility index (Phi) is 5.69. The predicted molar refractivity (Wildman–Crippen MR) is 141 cm³/mol. The minimum Gasteiger partial charge on any atom is -0.490 e. The van der Waals surface area contributed by atoms with Crippen LogP contribution in [0.2, 0.25) is 0 Å². The summed E-state index contributed by atoms with van der Waals surface area (Å²) in [4.78, 5) is 31.3. The van der Waals surface area contributed by atoms with Crippen LogP contribution in [-0.2, 0) is 4.79 Å². The van der Waals surface area contributed by atoms with Crippen LogP contribution in [0, 0.1) is 0 Å². The Morgan fingerprint density at radius 1 is 0.944 bits per heavy atom. The van der Waals surface area contributed by atoms with Crippen molar-refractivity contribution in [2.75, 3.05) is 28.7 Å². The van der Waals surface area contributed by atoms with Crippen molar-refractivity contribution in [2.24, 2.45) is 0 Å². The van der Waals surface area contributed by atoms with Crippen LogP contribution in [-0.4, -0.2) is 36.1 Å². The number of nitrogens with one attached hydrogen (secondary N) is 4. The number of rotatable bonds is 6. The van der Waals surface area contributed by atoms with Crippen LogP contribution in [0.4, 0.5) is 21.9 Å². The van der Waals surface area contributed by atoms with Crippen molar-refractivity contribution in [3.63, 3.8) is 0 Å². The molecule has 1 aliphatic carbocycles. The summed E-state index contributed by atoms with van der Waals surface area (Å²) in [7, 11) is 0. The number of ether oxygens (including phenoxy) is 1. The van der Waals surface area contributed by atoms with E-state index in [1.54, 1.807) is 6.07 Å². The van der Waals surface area contributed by atoms with Crippen molar-refractivity contribution in [1.29, 1.82) is 0 Å². The second kappa shape index (κ2) is 9.30. The summed E-state index contributed by atoms with van der Waals surface area (Å²) < 4.78 is 5.90. The van der Waals surface area contributed by atoms with Gasteiger partial charge >= 0.3 is 6.03 Å². The smallest absolute Gasteiger partial charge is 0.323 e. The lowest BCUT2D eigenvalue weighted by Crippen LogP contribution is -2.44. The monoisotopic (exact) mass is 481 g/mol. The molecule has 0 saturated heterocycles. The summed E-state index contributed by atoms with van der Waals surface area (Å²) in [6.45, 7) is 1.03. The third-order valence-corrected chi connectivity index (χ3v) is 6.53. The van der Waals surface area contributed by atoms with Crippen molar-refractivity contribution in [3.8, 4) is 5.75 Å². The summed E-state index contributed by atoms with van der Waals surface area (Å²) >= 11 is 0. The van der Waals surface area contributed by atoms with Gasteiger partial charge in [0.05, 0.1) is 12.2 Å². The number of carbonyl (C=O) groups excluding carboxylic acids is 2. The molecule has 1 fully saturated rings. The van der Waals surface area contributed by atoms with E-state index < -0.39 is 6.04 Å². The zero-order valence-electron chi connectivity index (χ0n) is 19.7. The van der Waals surface area contributed by atoms with Crippen LogP contribution in [0.25, 0.3) is 10.9 Å². The first-order valence-corrected chi connectivity index (χ1v) is 12.2. The van der Waals surface area contributed by atoms with Crippen molar-refractivity contribution in [3.05, 3.63) is 84.6 Å². The van der Waals surface area contributed by atoms with Crippen molar-refractivity contribution in [1.82, 2.24) is 10.3 Å². The number of aromatic nitrogens is 1. The SMILES string of the molecule is O=C(Nc1ccc2c(c1)N(C(C(=O)NC1CC1)c1ccccc1)CCO2)Nc1ccc2cc[nH]c2c1. The zero-order chi connectivity index (χ0) is 24.5. The van der Waals surface area contributed by atoms with Crippen LogP contribution in [0.5, 0.6) is 5.75 Å². The molecular weight excluding hydrogens is 454 g/mol. The van der Waals surface area contributed by atoms with Gasteiger partial charge in [0.1, 0.15) is 18.4 Å². The highest BCUT2D eigenvalue weighted by atomic mass is 16.5. The molecule has 3 amide bonds. The van der Waals surface area contributed by atoms with E-state index in [0.29, 0.717) is 30.3 Å². The first kappa shape index (κ1) is 22.0. The van der Waals surface area contributed by atoms with Gasteiger partial charge in [0.2, 0.25) is 5.91 Å². The summed E-state index contributed by atoms with van der Waals surface area (Å²) in [5.41, 5.74) is 3.93. The number of anilines is 3. The van der Waals surface area contributed by atoms with Crippen LogP contribution in [0.3, 0.4) is 0 Å². The molecular formula is C28H27N5O3. The third-order valence-electron chi connectivity index (χ3n) is 6.53. The molecule has 1 aliphatic heterocycles. The van der Waals surface area contributed by atoms with Gasteiger partial charge in [0.15, 0.2) is 0 Å². The normalized spacial score (nSPS) is 15.5. The van der Waals surface area contributed by atoms with E-state index in [9.17, 15) is 9.59 Å². The number of hydrogen-bond acceptors (Lipinski definition) is 4. The van der Waals surface area contributed by atoms with E-state index >= 15 is 0 Å². The molecule has 36 heavy (non-hydrogen) atoms. The summed E-state index contributed by atoms with van der Waals surface area (Å²) in [5.74, 6) is 0.664. The van der Waals surface area contributed by atoms with Gasteiger partial charge < -0.3 is 30.6 Å². The molecule has 8 heteroatoms. The molecule has 1 atom stereocenters. The molecule has 0 radical (unpaired) electrons. The molecule has 182 valence electrons. The zero-order valence-corrected chi connectivity index (χ0v) is 19.7. The van der Waals surface area contributed by atoms with Gasteiger partial charge in [0.25, 0.3) is 0 Å². The summed E-state index contributed by atoms with van der Waals surface area (Å²) in [6.07, 6.45) is 3.91.